The quantitative estimate of drug-likeness (QED) is 0.627. The van der Waals surface area contributed by atoms with Crippen LogP contribution in [-0.2, 0) is 14.4 Å². The molecule has 0 bridgehead atoms. The minimum absolute atomic E-state index is 0.0358. The highest BCUT2D eigenvalue weighted by Crippen LogP contribution is 2.37. The third-order valence-corrected chi connectivity index (χ3v) is 4.96. The normalized spacial score (nSPS) is 23.3. The number of rotatable bonds is 5. The van der Waals surface area contributed by atoms with Crippen LogP contribution in [0.4, 0.5) is 5.69 Å². The second kappa shape index (κ2) is 7.32. The molecular formula is C20H24N2O4. The molecule has 1 aliphatic carbocycles. The molecule has 2 N–H and O–H groups in total. The summed E-state index contributed by atoms with van der Waals surface area (Å²) in [6, 6.07) is 5.37. The first-order chi connectivity index (χ1) is 12.4. The number of benzene rings is 1. The van der Waals surface area contributed by atoms with Crippen molar-refractivity contribution in [2.75, 3.05) is 5.32 Å². The van der Waals surface area contributed by atoms with E-state index >= 15 is 0 Å². The van der Waals surface area contributed by atoms with Crippen molar-refractivity contribution in [3.8, 4) is 5.75 Å². The minimum Gasteiger partial charge on any atom is -0.508 e. The summed E-state index contributed by atoms with van der Waals surface area (Å²) in [6.45, 7) is 3.91. The number of imide groups is 1. The standard InChI is InChI=1S/C20H24N2O4/c1-12(2)10-17(18(24)21-13-6-5-7-14(23)11-13)22-19(25)15-8-3-4-9-16(15)20(22)26/h3-7,11-12,15-17,23H,8-10H2,1-2H3,(H,21,24). The van der Waals surface area contributed by atoms with Crippen molar-refractivity contribution in [1.29, 1.82) is 0 Å². The van der Waals surface area contributed by atoms with E-state index in [2.05, 4.69) is 5.32 Å². The molecule has 1 saturated heterocycles. The maximum Gasteiger partial charge on any atom is 0.247 e. The number of likely N-dealkylation sites (tertiary alicyclic amines) is 1. The zero-order chi connectivity index (χ0) is 18.8. The number of carbonyl (C=O) groups is 3. The fraction of sp³-hybridized carbons (Fsp3) is 0.450. The summed E-state index contributed by atoms with van der Waals surface area (Å²) in [5.41, 5.74) is 0.432. The number of carbonyl (C=O) groups excluding carboxylic acids is 3. The molecule has 0 spiro atoms. The number of aromatic hydroxyl groups is 1. The molecule has 2 aliphatic rings. The van der Waals surface area contributed by atoms with E-state index in [9.17, 15) is 19.5 Å². The van der Waals surface area contributed by atoms with Crippen molar-refractivity contribution in [2.24, 2.45) is 17.8 Å². The number of hydrogen-bond donors (Lipinski definition) is 2. The van der Waals surface area contributed by atoms with Gasteiger partial charge < -0.3 is 10.4 Å². The monoisotopic (exact) mass is 356 g/mol. The highest BCUT2D eigenvalue weighted by atomic mass is 16.3. The summed E-state index contributed by atoms with van der Waals surface area (Å²) in [6.07, 6.45) is 5.36. The Morgan fingerprint density at radius 2 is 1.81 bits per heavy atom. The number of nitrogens with one attached hydrogen (secondary N) is 1. The lowest BCUT2D eigenvalue weighted by Gasteiger charge is -2.27. The van der Waals surface area contributed by atoms with Crippen molar-refractivity contribution in [3.63, 3.8) is 0 Å². The van der Waals surface area contributed by atoms with Crippen LogP contribution in [0.25, 0.3) is 0 Å². The van der Waals surface area contributed by atoms with E-state index in [0.29, 0.717) is 24.9 Å². The molecule has 3 unspecified atom stereocenters. The van der Waals surface area contributed by atoms with Crippen LogP contribution in [0.5, 0.6) is 5.75 Å². The Kier molecular flexibility index (Phi) is 5.11. The Balaban J connectivity index is 1.84. The summed E-state index contributed by atoms with van der Waals surface area (Å²) >= 11 is 0. The van der Waals surface area contributed by atoms with E-state index in [1.807, 2.05) is 26.0 Å². The van der Waals surface area contributed by atoms with Gasteiger partial charge in [0.15, 0.2) is 0 Å². The molecule has 0 aromatic heterocycles. The van der Waals surface area contributed by atoms with E-state index in [-0.39, 0.29) is 35.3 Å². The van der Waals surface area contributed by atoms with Gasteiger partial charge in [0.25, 0.3) is 0 Å². The lowest BCUT2D eigenvalue weighted by atomic mass is 9.85. The maximum absolute atomic E-state index is 12.9. The second-order valence-corrected chi connectivity index (χ2v) is 7.39. The molecule has 26 heavy (non-hydrogen) atoms. The molecule has 3 atom stereocenters. The molecule has 6 nitrogen and oxygen atoms in total. The number of phenols is 1. The van der Waals surface area contributed by atoms with Gasteiger partial charge in [0.2, 0.25) is 17.7 Å². The lowest BCUT2D eigenvalue weighted by Crippen LogP contribution is -2.48. The van der Waals surface area contributed by atoms with Gasteiger partial charge in [0.05, 0.1) is 11.8 Å². The van der Waals surface area contributed by atoms with E-state index in [4.69, 9.17) is 0 Å². The third kappa shape index (κ3) is 3.49. The second-order valence-electron chi connectivity index (χ2n) is 7.39. The summed E-state index contributed by atoms with van der Waals surface area (Å²) in [4.78, 5) is 39.7. The van der Waals surface area contributed by atoms with Crippen LogP contribution in [0, 0.1) is 17.8 Å². The van der Waals surface area contributed by atoms with Gasteiger partial charge in [0, 0.05) is 11.8 Å². The number of anilines is 1. The lowest BCUT2D eigenvalue weighted by molar-refractivity contribution is -0.147. The van der Waals surface area contributed by atoms with Crippen molar-refractivity contribution < 1.29 is 19.5 Å². The molecule has 1 heterocycles. The van der Waals surface area contributed by atoms with Gasteiger partial charge in [-0.25, -0.2) is 0 Å². The average Bonchev–Trinajstić information content (AvgIpc) is 2.84. The number of nitrogens with zero attached hydrogens (tertiary/aromatic N) is 1. The van der Waals surface area contributed by atoms with Crippen LogP contribution < -0.4 is 5.32 Å². The first-order valence-corrected chi connectivity index (χ1v) is 9.00. The highest BCUT2D eigenvalue weighted by molar-refractivity contribution is 6.10. The van der Waals surface area contributed by atoms with Crippen LogP contribution in [0.2, 0.25) is 0 Å². The molecule has 6 heteroatoms. The summed E-state index contributed by atoms with van der Waals surface area (Å²) < 4.78 is 0. The first kappa shape index (κ1) is 18.2. The van der Waals surface area contributed by atoms with E-state index < -0.39 is 11.9 Å². The molecular weight excluding hydrogens is 332 g/mol. The number of phenolic OH excluding ortho intramolecular Hbond substituents is 1. The smallest absolute Gasteiger partial charge is 0.247 e. The minimum atomic E-state index is -0.844. The fourth-order valence-electron chi connectivity index (χ4n) is 3.72. The topological polar surface area (TPSA) is 86.7 Å². The summed E-state index contributed by atoms with van der Waals surface area (Å²) in [7, 11) is 0. The van der Waals surface area contributed by atoms with Gasteiger partial charge >= 0.3 is 0 Å². The number of amides is 3. The molecule has 1 aromatic carbocycles. The number of hydrogen-bond acceptors (Lipinski definition) is 4. The van der Waals surface area contributed by atoms with Crippen LogP contribution in [0.15, 0.2) is 36.4 Å². The molecule has 0 saturated carbocycles. The van der Waals surface area contributed by atoms with Gasteiger partial charge in [0.1, 0.15) is 11.8 Å². The number of allylic oxidation sites excluding steroid dienone is 2. The largest absolute Gasteiger partial charge is 0.508 e. The van der Waals surface area contributed by atoms with E-state index in [0.717, 1.165) is 0 Å². The third-order valence-electron chi connectivity index (χ3n) is 4.96. The van der Waals surface area contributed by atoms with Crippen molar-refractivity contribution in [2.45, 2.75) is 39.2 Å². The zero-order valence-electron chi connectivity index (χ0n) is 15.0. The van der Waals surface area contributed by atoms with Crippen molar-refractivity contribution >= 4 is 23.4 Å². The molecule has 0 radical (unpaired) electrons. The molecule has 1 fully saturated rings. The van der Waals surface area contributed by atoms with Gasteiger partial charge in [-0.15, -0.1) is 0 Å². The van der Waals surface area contributed by atoms with E-state index in [1.165, 1.54) is 17.0 Å². The van der Waals surface area contributed by atoms with Crippen molar-refractivity contribution in [1.82, 2.24) is 4.90 Å². The fourth-order valence-corrected chi connectivity index (χ4v) is 3.72. The zero-order valence-corrected chi connectivity index (χ0v) is 15.0. The predicted molar refractivity (Wildman–Crippen MR) is 97.2 cm³/mol. The van der Waals surface area contributed by atoms with Gasteiger partial charge in [-0.3, -0.25) is 19.3 Å². The van der Waals surface area contributed by atoms with Gasteiger partial charge in [-0.1, -0.05) is 32.1 Å². The Hall–Kier alpha value is -2.63. The maximum atomic E-state index is 12.9. The number of fused-ring (bicyclic) bond motifs is 1. The molecule has 3 amide bonds. The summed E-state index contributed by atoms with van der Waals surface area (Å²) in [5, 5.41) is 12.3. The van der Waals surface area contributed by atoms with E-state index in [1.54, 1.807) is 12.1 Å². The van der Waals surface area contributed by atoms with Crippen LogP contribution in [0.3, 0.4) is 0 Å². The first-order valence-electron chi connectivity index (χ1n) is 9.00. The molecule has 1 aliphatic heterocycles. The molecule has 138 valence electrons. The van der Waals surface area contributed by atoms with Gasteiger partial charge in [-0.2, -0.15) is 0 Å². The highest BCUT2D eigenvalue weighted by Gasteiger charge is 2.51. The molecule has 3 rings (SSSR count). The van der Waals surface area contributed by atoms with Crippen LogP contribution in [-0.4, -0.2) is 33.8 Å². The Morgan fingerprint density at radius 1 is 1.19 bits per heavy atom. The Morgan fingerprint density at radius 3 is 2.35 bits per heavy atom. The Labute approximate surface area is 152 Å². The van der Waals surface area contributed by atoms with Crippen LogP contribution >= 0.6 is 0 Å². The van der Waals surface area contributed by atoms with Crippen molar-refractivity contribution in [3.05, 3.63) is 36.4 Å². The van der Waals surface area contributed by atoms with Crippen LogP contribution in [0.1, 0.15) is 33.1 Å². The average molecular weight is 356 g/mol. The SMILES string of the molecule is CC(C)CC(C(=O)Nc1cccc(O)c1)N1C(=O)C2CC=CCC2C1=O. The van der Waals surface area contributed by atoms with Gasteiger partial charge in [-0.05, 0) is 37.3 Å². The Bertz CT molecular complexity index is 730. The molecule has 1 aromatic rings. The summed E-state index contributed by atoms with van der Waals surface area (Å²) in [5.74, 6) is -1.43. The predicted octanol–water partition coefficient (Wildman–Crippen LogP) is 2.70.